The summed E-state index contributed by atoms with van der Waals surface area (Å²) in [7, 11) is 1.45. The molecule has 0 amide bonds. The van der Waals surface area contributed by atoms with E-state index in [-0.39, 0.29) is 11.6 Å². The third kappa shape index (κ3) is 4.58. The maximum Gasteiger partial charge on any atom is 0.165 e. The van der Waals surface area contributed by atoms with Crippen LogP contribution in [0.4, 0.5) is 8.78 Å². The van der Waals surface area contributed by atoms with Crippen LogP contribution in [0.15, 0.2) is 36.4 Å². The quantitative estimate of drug-likeness (QED) is 0.846. The third-order valence-corrected chi connectivity index (χ3v) is 2.41. The monoisotopic (exact) mass is 266 g/mol. The van der Waals surface area contributed by atoms with E-state index in [0.29, 0.717) is 5.75 Å². The summed E-state index contributed by atoms with van der Waals surface area (Å²) in [6.07, 6.45) is 0. The Kier molecular flexibility index (Phi) is 5.30. The second-order valence-electron chi connectivity index (χ2n) is 4.09. The van der Waals surface area contributed by atoms with Crippen molar-refractivity contribution in [1.82, 2.24) is 0 Å². The van der Waals surface area contributed by atoms with E-state index in [4.69, 9.17) is 9.84 Å². The van der Waals surface area contributed by atoms with E-state index in [0.717, 1.165) is 11.1 Å². The van der Waals surface area contributed by atoms with Gasteiger partial charge in [-0.15, -0.1) is 0 Å². The highest BCUT2D eigenvalue weighted by Crippen LogP contribution is 2.16. The van der Waals surface area contributed by atoms with Crippen LogP contribution in [0.5, 0.6) is 11.5 Å². The second-order valence-corrected chi connectivity index (χ2v) is 4.09. The number of methoxy groups -OCH3 is 1. The number of ether oxygens (including phenoxy) is 1. The lowest BCUT2D eigenvalue weighted by Crippen LogP contribution is -1.87. The Morgan fingerprint density at radius 2 is 1.42 bits per heavy atom. The molecule has 0 saturated heterocycles. The molecule has 1 N–H and O–H groups in total. The summed E-state index contributed by atoms with van der Waals surface area (Å²) in [5.74, 6) is -0.858. The lowest BCUT2D eigenvalue weighted by Gasteiger charge is -2.00. The average Bonchev–Trinajstić information content (AvgIpc) is 2.35. The molecule has 2 aromatic carbocycles. The molecule has 19 heavy (non-hydrogen) atoms. The lowest BCUT2D eigenvalue weighted by atomic mass is 10.2. The maximum atomic E-state index is 12.7. The molecule has 2 aromatic rings. The van der Waals surface area contributed by atoms with Crippen LogP contribution in [-0.2, 0) is 0 Å². The van der Waals surface area contributed by atoms with Gasteiger partial charge < -0.3 is 9.84 Å². The Hall–Kier alpha value is -2.10. The summed E-state index contributed by atoms with van der Waals surface area (Å²) in [5, 5.41) is 8.67. The van der Waals surface area contributed by atoms with Crippen molar-refractivity contribution in [1.29, 1.82) is 0 Å². The van der Waals surface area contributed by atoms with Gasteiger partial charge in [0.05, 0.1) is 7.11 Å². The summed E-state index contributed by atoms with van der Waals surface area (Å²) in [5.41, 5.74) is 1.71. The number of phenolic OH excluding ortho intramolecular Hbond substituents is 1. The number of aromatic hydroxyl groups is 1. The Morgan fingerprint density at radius 3 is 1.84 bits per heavy atom. The van der Waals surface area contributed by atoms with Crippen LogP contribution >= 0.6 is 0 Å². The molecular formula is C15H16F2O2. The van der Waals surface area contributed by atoms with Crippen LogP contribution in [0, 0.1) is 25.5 Å². The summed E-state index contributed by atoms with van der Waals surface area (Å²) < 4.78 is 29.8. The van der Waals surface area contributed by atoms with Crippen molar-refractivity contribution in [2.75, 3.05) is 7.11 Å². The first kappa shape index (κ1) is 15.0. The van der Waals surface area contributed by atoms with Crippen LogP contribution in [0.2, 0.25) is 0 Å². The molecule has 0 heterocycles. The van der Waals surface area contributed by atoms with Crippen molar-refractivity contribution >= 4 is 0 Å². The van der Waals surface area contributed by atoms with Crippen LogP contribution in [0.25, 0.3) is 0 Å². The van der Waals surface area contributed by atoms with Gasteiger partial charge in [0.2, 0.25) is 0 Å². The largest absolute Gasteiger partial charge is 0.505 e. The topological polar surface area (TPSA) is 29.5 Å². The lowest BCUT2D eigenvalue weighted by molar-refractivity contribution is 0.386. The summed E-state index contributed by atoms with van der Waals surface area (Å²) in [6, 6.07) is 9.14. The zero-order chi connectivity index (χ0) is 14.4. The van der Waals surface area contributed by atoms with E-state index in [1.807, 2.05) is 13.0 Å². The van der Waals surface area contributed by atoms with E-state index >= 15 is 0 Å². The van der Waals surface area contributed by atoms with Crippen LogP contribution in [0.3, 0.4) is 0 Å². The molecule has 0 aliphatic heterocycles. The summed E-state index contributed by atoms with van der Waals surface area (Å²) >= 11 is 0. The van der Waals surface area contributed by atoms with Gasteiger partial charge in [-0.2, -0.15) is 0 Å². The molecule has 4 heteroatoms. The van der Waals surface area contributed by atoms with Gasteiger partial charge >= 0.3 is 0 Å². The molecule has 2 nitrogen and oxygen atoms in total. The fraction of sp³-hybridized carbons (Fsp3) is 0.200. The van der Waals surface area contributed by atoms with Crippen molar-refractivity contribution in [3.05, 3.63) is 59.2 Å². The number of hydrogen-bond acceptors (Lipinski definition) is 2. The van der Waals surface area contributed by atoms with E-state index in [2.05, 4.69) is 0 Å². The van der Waals surface area contributed by atoms with Crippen molar-refractivity contribution < 1.29 is 18.6 Å². The van der Waals surface area contributed by atoms with Crippen LogP contribution < -0.4 is 4.74 Å². The standard InChI is InChI=1S/C8H9FO.C7H7FO/c1-6-3-4-8(10-2)7(9)5-6;1-5-2-3-7(9)6(8)4-5/h3-5H,1-2H3;2-4,9H,1H3. The first-order valence-corrected chi connectivity index (χ1v) is 5.69. The first-order chi connectivity index (χ1) is 8.93. The molecule has 0 aliphatic carbocycles. The van der Waals surface area contributed by atoms with Gasteiger partial charge in [0.15, 0.2) is 23.1 Å². The number of aryl methyl sites for hydroxylation is 2. The molecule has 0 spiro atoms. The third-order valence-electron chi connectivity index (χ3n) is 2.41. The van der Waals surface area contributed by atoms with Gasteiger partial charge in [0.25, 0.3) is 0 Å². The smallest absolute Gasteiger partial charge is 0.165 e. The summed E-state index contributed by atoms with van der Waals surface area (Å²) in [4.78, 5) is 0. The Balaban J connectivity index is 0.000000191. The number of phenols is 1. The molecule has 0 aliphatic rings. The Labute approximate surface area is 111 Å². The van der Waals surface area contributed by atoms with Crippen LogP contribution in [-0.4, -0.2) is 12.2 Å². The molecule has 2 rings (SSSR count). The van der Waals surface area contributed by atoms with E-state index in [1.165, 1.54) is 25.3 Å². The number of rotatable bonds is 1. The van der Waals surface area contributed by atoms with E-state index in [1.54, 1.807) is 19.1 Å². The Bertz CT molecular complexity index is 554. The van der Waals surface area contributed by atoms with Gasteiger partial charge in [-0.3, -0.25) is 0 Å². The molecule has 0 unspecified atom stereocenters. The zero-order valence-corrected chi connectivity index (χ0v) is 11.1. The summed E-state index contributed by atoms with van der Waals surface area (Å²) in [6.45, 7) is 3.60. The van der Waals surface area contributed by atoms with Crippen LogP contribution in [0.1, 0.15) is 11.1 Å². The normalized spacial score (nSPS) is 9.53. The predicted molar refractivity (Wildman–Crippen MR) is 70.5 cm³/mol. The first-order valence-electron chi connectivity index (χ1n) is 5.69. The Morgan fingerprint density at radius 1 is 0.895 bits per heavy atom. The number of halogens is 2. The second kappa shape index (κ2) is 6.73. The fourth-order valence-electron chi connectivity index (χ4n) is 1.38. The molecule has 0 bridgehead atoms. The predicted octanol–water partition coefficient (Wildman–Crippen LogP) is 3.98. The molecule has 0 aromatic heterocycles. The van der Waals surface area contributed by atoms with E-state index < -0.39 is 5.82 Å². The van der Waals surface area contributed by atoms with Gasteiger partial charge in [0.1, 0.15) is 0 Å². The minimum absolute atomic E-state index is 0.291. The minimum atomic E-state index is -0.560. The van der Waals surface area contributed by atoms with Crippen molar-refractivity contribution in [3.63, 3.8) is 0 Å². The fourth-order valence-corrected chi connectivity index (χ4v) is 1.38. The average molecular weight is 266 g/mol. The number of hydrogen-bond donors (Lipinski definition) is 1. The molecule has 0 saturated carbocycles. The molecular weight excluding hydrogens is 250 g/mol. The molecule has 0 radical (unpaired) electrons. The SMILES string of the molecule is COc1ccc(C)cc1F.Cc1ccc(O)c(F)c1. The highest BCUT2D eigenvalue weighted by Gasteiger charge is 1.99. The maximum absolute atomic E-state index is 12.7. The number of benzene rings is 2. The van der Waals surface area contributed by atoms with Crippen molar-refractivity contribution in [2.24, 2.45) is 0 Å². The minimum Gasteiger partial charge on any atom is -0.505 e. The van der Waals surface area contributed by atoms with Crippen molar-refractivity contribution in [3.8, 4) is 11.5 Å². The van der Waals surface area contributed by atoms with Gasteiger partial charge in [-0.25, -0.2) is 8.78 Å². The molecule has 0 fully saturated rings. The highest BCUT2D eigenvalue weighted by molar-refractivity contribution is 5.28. The zero-order valence-electron chi connectivity index (χ0n) is 11.1. The highest BCUT2D eigenvalue weighted by atomic mass is 19.1. The van der Waals surface area contributed by atoms with E-state index in [9.17, 15) is 8.78 Å². The molecule has 0 atom stereocenters. The molecule has 102 valence electrons. The van der Waals surface area contributed by atoms with Gasteiger partial charge in [-0.1, -0.05) is 12.1 Å². The van der Waals surface area contributed by atoms with Gasteiger partial charge in [-0.05, 0) is 49.2 Å². The van der Waals surface area contributed by atoms with Gasteiger partial charge in [0, 0.05) is 0 Å². The van der Waals surface area contributed by atoms with Crippen molar-refractivity contribution in [2.45, 2.75) is 13.8 Å².